The maximum Gasteiger partial charge on any atom is 0.274 e. The molecule has 4 rings (SSSR count). The van der Waals surface area contributed by atoms with Gasteiger partial charge in [0.05, 0.1) is 33.8 Å². The summed E-state index contributed by atoms with van der Waals surface area (Å²) in [4.78, 5) is 96.7. The van der Waals surface area contributed by atoms with E-state index < -0.39 is 88.3 Å². The molecule has 0 bridgehead atoms. The molecule has 2 aliphatic rings. The second-order valence-corrected chi connectivity index (χ2v) is 21.6. The van der Waals surface area contributed by atoms with Gasteiger partial charge in [-0.2, -0.15) is 0 Å². The number of nitrogens with zero attached hydrogens (tertiary/aromatic N) is 4. The second-order valence-electron chi connectivity index (χ2n) is 13.4. The van der Waals surface area contributed by atoms with Crippen molar-refractivity contribution in [3.63, 3.8) is 0 Å². The van der Waals surface area contributed by atoms with Crippen molar-refractivity contribution >= 4 is 92.7 Å². The number of hydrogen-bond acceptors (Lipinski definition) is 25. The molecule has 0 radical (unpaired) electrons. The van der Waals surface area contributed by atoms with Crippen molar-refractivity contribution in [1.29, 1.82) is 0 Å². The van der Waals surface area contributed by atoms with Gasteiger partial charge >= 0.3 is 0 Å². The van der Waals surface area contributed by atoms with Crippen molar-refractivity contribution in [3.05, 3.63) is 12.7 Å². The van der Waals surface area contributed by atoms with Gasteiger partial charge in [0.15, 0.2) is 26.6 Å². The van der Waals surface area contributed by atoms with Crippen LogP contribution in [0.4, 0.5) is 5.82 Å². The minimum absolute atomic E-state index is 0.0310. The maximum absolute atomic E-state index is 12.6. The first-order chi connectivity index (χ1) is 26.8. The third kappa shape index (κ3) is 13.4. The number of nitrogens with two attached hydrogens (primary N) is 1. The van der Waals surface area contributed by atoms with E-state index in [2.05, 4.69) is 43.5 Å². The summed E-state index contributed by atoms with van der Waals surface area (Å²) >= 11 is 3.56. The molecule has 2 aromatic rings. The molecule has 0 aliphatic carbocycles. The number of fused-ring (bicyclic) bond motifs is 1. The Kier molecular flexibility index (Phi) is 16.4. The summed E-state index contributed by atoms with van der Waals surface area (Å²) in [5.41, 5.74) is 1.99. The Labute approximate surface area is 342 Å². The molecule has 58 heavy (non-hydrogen) atoms. The van der Waals surface area contributed by atoms with E-state index in [9.17, 15) is 63.0 Å². The van der Waals surface area contributed by atoms with Crippen molar-refractivity contribution in [1.82, 2.24) is 30.2 Å². The number of nitrogen functional groups attached to an aromatic ring is 1. The van der Waals surface area contributed by atoms with Crippen LogP contribution in [0.5, 0.6) is 0 Å². The number of ether oxygens (including phenoxy) is 1. The van der Waals surface area contributed by atoms with Gasteiger partial charge in [0.25, 0.3) is 15.6 Å². The fourth-order valence-electron chi connectivity index (χ4n) is 5.36. The highest BCUT2D eigenvalue weighted by molar-refractivity contribution is 8.21. The topological polar surface area (TPSA) is 395 Å². The molecule has 7 atom stereocenters. The molecular weight excluding hydrogens is 899 g/mol. The number of aliphatic hydroxyl groups is 3. The predicted octanol–water partition coefficient (Wildman–Crippen LogP) is -3.17. The fraction of sp³-hybridized carbons (Fsp3) is 0.704. The Morgan fingerprint density at radius 3 is 2.41 bits per heavy atom. The normalized spacial score (nSPS) is 24.9. The van der Waals surface area contributed by atoms with Gasteiger partial charge in [-0.05, 0) is 6.92 Å². The highest BCUT2D eigenvalue weighted by Crippen LogP contribution is 2.57. The summed E-state index contributed by atoms with van der Waals surface area (Å²) in [7, 11) is -17.7. The molecule has 7 unspecified atom stereocenters. The zero-order valence-corrected chi connectivity index (χ0v) is 35.9. The van der Waals surface area contributed by atoms with Crippen LogP contribution in [0.1, 0.15) is 33.6 Å². The van der Waals surface area contributed by atoms with E-state index in [0.29, 0.717) is 0 Å². The number of rotatable bonds is 21. The Bertz CT molecular complexity index is 1950. The lowest BCUT2D eigenvalue weighted by molar-refractivity contribution is -0.347. The van der Waals surface area contributed by atoms with Crippen LogP contribution < -0.4 is 35.9 Å². The van der Waals surface area contributed by atoms with Gasteiger partial charge in [-0.1, -0.05) is 25.6 Å². The average Bonchev–Trinajstić information content (AvgIpc) is 3.81. The van der Waals surface area contributed by atoms with Crippen LogP contribution in [0.3, 0.4) is 0 Å². The smallest absolute Gasteiger partial charge is 0.274 e. The van der Waals surface area contributed by atoms with Crippen LogP contribution in [0, 0.1) is 5.41 Å². The first-order valence-corrected chi connectivity index (χ1v) is 24.1. The Morgan fingerprint density at radius 2 is 1.76 bits per heavy atom. The van der Waals surface area contributed by atoms with Crippen LogP contribution in [0.25, 0.3) is 11.2 Å². The minimum atomic E-state index is -5.94. The summed E-state index contributed by atoms with van der Waals surface area (Å²) in [6.45, 7) is 1.12. The lowest BCUT2D eigenvalue weighted by Gasteiger charge is -2.36. The molecule has 0 saturated carbocycles. The van der Waals surface area contributed by atoms with E-state index in [0.717, 1.165) is 40.5 Å². The van der Waals surface area contributed by atoms with Crippen LogP contribution in [0.15, 0.2) is 12.7 Å². The lowest BCUT2D eigenvalue weighted by Crippen LogP contribution is -2.46. The molecule has 328 valence electrons. The van der Waals surface area contributed by atoms with E-state index in [4.69, 9.17) is 10.5 Å². The predicted molar refractivity (Wildman–Crippen MR) is 197 cm³/mol. The number of imidazole rings is 1. The number of aromatic nitrogens is 4. The molecule has 7 N–H and O–H groups in total. The van der Waals surface area contributed by atoms with Crippen LogP contribution >= 0.6 is 58.8 Å². The Balaban J connectivity index is 1.24. The molecule has 2 aromatic heterocycles. The summed E-state index contributed by atoms with van der Waals surface area (Å²) < 4.78 is 59.9. The third-order valence-electron chi connectivity index (χ3n) is 8.33. The van der Waals surface area contributed by atoms with Gasteiger partial charge in [0.1, 0.15) is 36.3 Å². The van der Waals surface area contributed by atoms with E-state index in [-0.39, 0.29) is 53.8 Å². The second kappa shape index (κ2) is 19.5. The summed E-state index contributed by atoms with van der Waals surface area (Å²) in [5, 5.41) is 36.5. The first kappa shape index (κ1) is 48.9. The summed E-state index contributed by atoms with van der Waals surface area (Å²) in [5.74, 6) is 0.121. The molecular formula is C27H40N7O18P3S3-4. The zero-order valence-electron chi connectivity index (χ0n) is 30.7. The monoisotopic (exact) mass is 939 g/mol. The van der Waals surface area contributed by atoms with Gasteiger partial charge in [-0.25, -0.2) is 19.3 Å². The summed E-state index contributed by atoms with van der Waals surface area (Å²) in [6.07, 6.45) is -6.19. The van der Waals surface area contributed by atoms with Crippen LogP contribution in [-0.4, -0.2) is 124 Å². The maximum atomic E-state index is 12.6. The molecule has 0 aromatic carbocycles. The molecule has 0 spiro atoms. The standard InChI is InChI=1S/C27H44N7O18P3S3/c1-25(2,21(38)24(39)30-5-4-16(35)29-6-7-56-17(36)10-27(40)57-8-9-58-27)12-49-55(46,47)52-54(44,45)48-11-15-19(51-53(41,42)43)20(37)26(3,50-15)34-14-33-18-22(28)31-13-32-23(18)34/h13-15,19-21,37-38,40H,4-12H2,1-3H3,(H,29,35)(H,30,39)(H,44,45)(H,46,47)(H2,28,31,32)(H2,41,42,43)/p-4. The highest BCUT2D eigenvalue weighted by atomic mass is 32.2. The average molecular weight is 940 g/mol. The van der Waals surface area contributed by atoms with Crippen molar-refractivity contribution in [2.24, 2.45) is 5.41 Å². The molecule has 2 saturated heterocycles. The van der Waals surface area contributed by atoms with Crippen molar-refractivity contribution < 1.29 is 85.6 Å². The number of carbonyl (C=O) groups excluding carboxylic acids is 3. The number of aliphatic hydroxyl groups excluding tert-OH is 2. The van der Waals surface area contributed by atoms with Gasteiger partial charge in [-0.15, -0.1) is 23.5 Å². The fourth-order valence-corrected chi connectivity index (χ4v) is 11.6. The van der Waals surface area contributed by atoms with Gasteiger partial charge in [0, 0.05) is 42.2 Å². The van der Waals surface area contributed by atoms with E-state index in [1.54, 1.807) is 0 Å². The first-order valence-electron chi connectivity index (χ1n) is 16.8. The molecule has 2 aliphatic heterocycles. The van der Waals surface area contributed by atoms with E-state index in [1.807, 2.05) is 0 Å². The molecule has 2 fully saturated rings. The SMILES string of the molecule is CC(C)(COP(=O)([O-])OP(=O)([O-])OCC1OC(C)(n2cnc3c(N)ncnc32)C(O)C1OP(=O)([O-])[O-])C(O)C(=O)NCCC(=O)NCCSC(=O)CC1(O)SCCS1. The number of thioether (sulfide) groups is 3. The van der Waals surface area contributed by atoms with Gasteiger partial charge in [0.2, 0.25) is 11.8 Å². The van der Waals surface area contributed by atoms with E-state index >= 15 is 0 Å². The minimum Gasteiger partial charge on any atom is -0.790 e. The largest absolute Gasteiger partial charge is 0.790 e. The van der Waals surface area contributed by atoms with Crippen LogP contribution in [0.2, 0.25) is 0 Å². The van der Waals surface area contributed by atoms with Crippen molar-refractivity contribution in [2.75, 3.05) is 49.3 Å². The van der Waals surface area contributed by atoms with Gasteiger partial charge in [-0.3, -0.25) is 28.1 Å². The number of carbonyl (C=O) groups is 3. The number of phosphoric ester groups is 3. The third-order valence-corrected chi connectivity index (χ3v) is 15.2. The van der Waals surface area contributed by atoms with E-state index in [1.165, 1.54) is 44.3 Å². The zero-order chi connectivity index (χ0) is 43.3. The van der Waals surface area contributed by atoms with Crippen LogP contribution in [-0.2, 0) is 56.4 Å². The van der Waals surface area contributed by atoms with Crippen molar-refractivity contribution in [3.8, 4) is 0 Å². The number of nitrogens with one attached hydrogen (secondary N) is 2. The quantitative estimate of drug-likeness (QED) is 0.0531. The number of anilines is 1. The van der Waals surface area contributed by atoms with Crippen molar-refractivity contribution in [2.45, 2.75) is 68.0 Å². The molecule has 25 nitrogen and oxygen atoms in total. The number of hydrogen-bond donors (Lipinski definition) is 6. The van der Waals surface area contributed by atoms with Gasteiger partial charge < -0.3 is 74.1 Å². The molecule has 2 amide bonds. The number of amides is 2. The molecule has 31 heteroatoms. The highest BCUT2D eigenvalue weighted by Gasteiger charge is 2.55. The molecule has 4 heterocycles. The number of phosphoric acid groups is 3. The Hall–Kier alpha value is -1.78. The Morgan fingerprint density at radius 1 is 1.10 bits per heavy atom. The lowest BCUT2D eigenvalue weighted by atomic mass is 9.87. The summed E-state index contributed by atoms with van der Waals surface area (Å²) in [6, 6.07) is 0.